The lowest BCUT2D eigenvalue weighted by atomic mass is 10.2. The standard InChI is InChI=1S/C14H16Cl2N2OS2/c1-4-18-12(19)10-7(2)8(3)21-11(10)17-13(18)20-6-9-5-14(9,15)16/h9H,4-6H2,1-3H3/t9-/m1/s1. The summed E-state index contributed by atoms with van der Waals surface area (Å²) in [5, 5.41) is 1.53. The third-order valence-electron chi connectivity index (χ3n) is 3.94. The summed E-state index contributed by atoms with van der Waals surface area (Å²) in [5.41, 5.74) is 1.11. The van der Waals surface area contributed by atoms with Crippen molar-refractivity contribution in [1.29, 1.82) is 0 Å². The molecule has 7 heteroatoms. The molecule has 2 aromatic rings. The molecule has 1 saturated carbocycles. The summed E-state index contributed by atoms with van der Waals surface area (Å²) in [4.78, 5) is 19.3. The minimum Gasteiger partial charge on any atom is -0.287 e. The average Bonchev–Trinajstić information content (AvgIpc) is 2.92. The Morgan fingerprint density at radius 2 is 2.14 bits per heavy atom. The van der Waals surface area contributed by atoms with E-state index in [1.807, 2.05) is 20.8 Å². The molecule has 2 heterocycles. The number of nitrogens with zero attached hydrogens (tertiary/aromatic N) is 2. The number of halogens is 2. The van der Waals surface area contributed by atoms with Gasteiger partial charge in [-0.05, 0) is 32.8 Å². The number of alkyl halides is 2. The highest BCUT2D eigenvalue weighted by molar-refractivity contribution is 7.99. The summed E-state index contributed by atoms with van der Waals surface area (Å²) in [6.07, 6.45) is 0.818. The Morgan fingerprint density at radius 1 is 1.48 bits per heavy atom. The van der Waals surface area contributed by atoms with Crippen LogP contribution in [-0.4, -0.2) is 19.6 Å². The lowest BCUT2D eigenvalue weighted by molar-refractivity contribution is 0.634. The number of thioether (sulfide) groups is 1. The topological polar surface area (TPSA) is 34.9 Å². The molecule has 0 aromatic carbocycles. The SMILES string of the molecule is CCn1c(SC[C@H]2CC2(Cl)Cl)nc2sc(C)c(C)c2c1=O. The number of hydrogen-bond acceptors (Lipinski definition) is 4. The zero-order valence-electron chi connectivity index (χ0n) is 12.1. The fourth-order valence-electron chi connectivity index (χ4n) is 2.32. The number of aromatic nitrogens is 2. The molecule has 0 radical (unpaired) electrons. The first-order valence-electron chi connectivity index (χ1n) is 6.86. The zero-order chi connectivity index (χ0) is 15.4. The maximum absolute atomic E-state index is 12.7. The van der Waals surface area contributed by atoms with E-state index in [-0.39, 0.29) is 11.5 Å². The molecule has 3 rings (SSSR count). The summed E-state index contributed by atoms with van der Waals surface area (Å²) in [5.74, 6) is 1.09. The second-order valence-corrected chi connectivity index (χ2v) is 9.11. The van der Waals surface area contributed by atoms with Gasteiger partial charge in [0.05, 0.1) is 5.39 Å². The number of hydrogen-bond donors (Lipinski definition) is 0. The Hall–Kier alpha value is -0.230. The molecule has 0 spiro atoms. The van der Waals surface area contributed by atoms with Gasteiger partial charge in [0.1, 0.15) is 9.16 Å². The van der Waals surface area contributed by atoms with Gasteiger partial charge in [0.25, 0.3) is 5.56 Å². The van der Waals surface area contributed by atoms with E-state index in [9.17, 15) is 4.79 Å². The third-order valence-corrected chi connectivity index (χ3v) is 7.11. The van der Waals surface area contributed by atoms with Gasteiger partial charge in [-0.1, -0.05) is 11.8 Å². The number of aryl methyl sites for hydroxylation is 2. The van der Waals surface area contributed by atoms with Gasteiger partial charge in [0, 0.05) is 23.1 Å². The van der Waals surface area contributed by atoms with Crippen molar-refractivity contribution in [2.24, 2.45) is 5.92 Å². The molecule has 0 amide bonds. The molecule has 0 unspecified atom stereocenters. The molecule has 1 fully saturated rings. The molecule has 1 aliphatic rings. The summed E-state index contributed by atoms with van der Waals surface area (Å²) >= 11 is 15.3. The fourth-order valence-corrected chi connectivity index (χ4v) is 5.39. The summed E-state index contributed by atoms with van der Waals surface area (Å²) in [7, 11) is 0. The summed E-state index contributed by atoms with van der Waals surface area (Å²) in [6.45, 7) is 6.61. The minimum absolute atomic E-state index is 0.0608. The van der Waals surface area contributed by atoms with Crippen molar-refractivity contribution in [1.82, 2.24) is 9.55 Å². The van der Waals surface area contributed by atoms with E-state index in [2.05, 4.69) is 0 Å². The third kappa shape index (κ3) is 2.74. The van der Waals surface area contributed by atoms with Crippen LogP contribution in [-0.2, 0) is 6.54 Å². The van der Waals surface area contributed by atoms with E-state index in [1.54, 1.807) is 27.7 Å². The van der Waals surface area contributed by atoms with Crippen molar-refractivity contribution >= 4 is 56.5 Å². The van der Waals surface area contributed by atoms with Crippen LogP contribution >= 0.6 is 46.3 Å². The highest BCUT2D eigenvalue weighted by atomic mass is 35.5. The summed E-state index contributed by atoms with van der Waals surface area (Å²) < 4.78 is 1.17. The average molecular weight is 363 g/mol. The maximum atomic E-state index is 12.7. The second kappa shape index (κ2) is 5.44. The van der Waals surface area contributed by atoms with E-state index in [4.69, 9.17) is 28.2 Å². The van der Waals surface area contributed by atoms with E-state index in [0.29, 0.717) is 6.54 Å². The van der Waals surface area contributed by atoms with Gasteiger partial charge in [-0.2, -0.15) is 0 Å². The van der Waals surface area contributed by atoms with E-state index >= 15 is 0 Å². The molecular formula is C14H16Cl2N2OS2. The summed E-state index contributed by atoms with van der Waals surface area (Å²) in [6, 6.07) is 0. The van der Waals surface area contributed by atoms with Crippen LogP contribution in [0.3, 0.4) is 0 Å². The lowest BCUT2D eigenvalue weighted by Crippen LogP contribution is -2.22. The van der Waals surface area contributed by atoms with Crippen LogP contribution in [0.15, 0.2) is 9.95 Å². The largest absolute Gasteiger partial charge is 0.287 e. The van der Waals surface area contributed by atoms with Crippen LogP contribution in [0.5, 0.6) is 0 Å². The van der Waals surface area contributed by atoms with Gasteiger partial charge in [-0.25, -0.2) is 4.98 Å². The van der Waals surface area contributed by atoms with Crippen LogP contribution in [0.2, 0.25) is 0 Å². The van der Waals surface area contributed by atoms with Crippen molar-refractivity contribution in [2.45, 2.75) is 43.2 Å². The van der Waals surface area contributed by atoms with Crippen LogP contribution in [0.1, 0.15) is 23.8 Å². The van der Waals surface area contributed by atoms with Gasteiger partial charge in [-0.3, -0.25) is 9.36 Å². The van der Waals surface area contributed by atoms with Crippen LogP contribution in [0.4, 0.5) is 0 Å². The van der Waals surface area contributed by atoms with E-state index in [0.717, 1.165) is 38.0 Å². The highest BCUT2D eigenvalue weighted by Gasteiger charge is 2.51. The second-order valence-electron chi connectivity index (χ2n) is 5.38. The van der Waals surface area contributed by atoms with E-state index in [1.165, 1.54) is 0 Å². The van der Waals surface area contributed by atoms with Crippen LogP contribution in [0.25, 0.3) is 10.2 Å². The molecular weight excluding hydrogens is 347 g/mol. The monoisotopic (exact) mass is 362 g/mol. The van der Waals surface area contributed by atoms with Crippen LogP contribution in [0, 0.1) is 19.8 Å². The van der Waals surface area contributed by atoms with E-state index < -0.39 is 4.33 Å². The molecule has 21 heavy (non-hydrogen) atoms. The molecule has 1 aliphatic carbocycles. The highest BCUT2D eigenvalue weighted by Crippen LogP contribution is 2.54. The van der Waals surface area contributed by atoms with Gasteiger partial charge >= 0.3 is 0 Å². The first kappa shape index (κ1) is 15.7. The molecule has 0 aliphatic heterocycles. The molecule has 0 bridgehead atoms. The zero-order valence-corrected chi connectivity index (χ0v) is 15.2. The Labute approximate surface area is 141 Å². The Morgan fingerprint density at radius 3 is 2.71 bits per heavy atom. The Bertz CT molecular complexity index is 766. The van der Waals surface area contributed by atoms with Gasteiger partial charge in [0.2, 0.25) is 0 Å². The van der Waals surface area contributed by atoms with Crippen molar-refractivity contribution in [3.63, 3.8) is 0 Å². The molecule has 3 nitrogen and oxygen atoms in total. The van der Waals surface area contributed by atoms with Crippen molar-refractivity contribution in [3.05, 3.63) is 20.8 Å². The number of thiophene rings is 1. The Balaban J connectivity index is 2.00. The number of fused-ring (bicyclic) bond motifs is 1. The first-order valence-corrected chi connectivity index (χ1v) is 9.42. The Kier molecular flexibility index (Phi) is 4.06. The van der Waals surface area contributed by atoms with Crippen molar-refractivity contribution in [2.75, 3.05) is 5.75 Å². The van der Waals surface area contributed by atoms with Gasteiger partial charge in [0.15, 0.2) is 5.16 Å². The van der Waals surface area contributed by atoms with Crippen LogP contribution < -0.4 is 5.56 Å². The first-order chi connectivity index (χ1) is 9.85. The van der Waals surface area contributed by atoms with Gasteiger partial charge in [-0.15, -0.1) is 34.5 Å². The number of rotatable bonds is 4. The quantitative estimate of drug-likeness (QED) is 0.459. The fraction of sp³-hybridized carbons (Fsp3) is 0.571. The smallest absolute Gasteiger partial charge is 0.263 e. The molecule has 114 valence electrons. The predicted octanol–water partition coefficient (Wildman–Crippen LogP) is 4.38. The molecule has 0 saturated heterocycles. The molecule has 1 atom stereocenters. The van der Waals surface area contributed by atoms with Crippen molar-refractivity contribution < 1.29 is 0 Å². The molecule has 2 aromatic heterocycles. The van der Waals surface area contributed by atoms with Gasteiger partial charge < -0.3 is 0 Å². The van der Waals surface area contributed by atoms with Crippen molar-refractivity contribution in [3.8, 4) is 0 Å². The lowest BCUT2D eigenvalue weighted by Gasteiger charge is -2.10. The predicted molar refractivity (Wildman–Crippen MR) is 92.3 cm³/mol. The maximum Gasteiger partial charge on any atom is 0.263 e. The minimum atomic E-state index is -0.579. The normalized spacial score (nSPS) is 20.1. The molecule has 0 N–H and O–H groups in total.